The summed E-state index contributed by atoms with van der Waals surface area (Å²) in [6, 6.07) is 6.14. The summed E-state index contributed by atoms with van der Waals surface area (Å²) in [6.45, 7) is 3.77. The zero-order valence-corrected chi connectivity index (χ0v) is 14.2. The van der Waals surface area contributed by atoms with Crippen LogP contribution in [0.15, 0.2) is 24.3 Å². The van der Waals surface area contributed by atoms with Crippen LogP contribution < -0.4 is 4.74 Å². The van der Waals surface area contributed by atoms with E-state index in [4.69, 9.17) is 14.2 Å². The third-order valence-corrected chi connectivity index (χ3v) is 5.07. The highest BCUT2D eigenvalue weighted by Crippen LogP contribution is 2.30. The SMILES string of the molecule is CO[C@@]1(COc2cccc(F)c2)CCN(CC2(O)CCOCC2)C1. The Labute approximate surface area is 142 Å². The summed E-state index contributed by atoms with van der Waals surface area (Å²) < 4.78 is 30.1. The van der Waals surface area contributed by atoms with Crippen LogP contribution in [0.4, 0.5) is 4.39 Å². The summed E-state index contributed by atoms with van der Waals surface area (Å²) in [5, 5.41) is 10.7. The van der Waals surface area contributed by atoms with E-state index in [9.17, 15) is 9.50 Å². The number of hydrogen-bond donors (Lipinski definition) is 1. The number of β-amino-alcohol motifs (C(OH)–C–C–N with tert-alkyl or cyclic N) is 1. The van der Waals surface area contributed by atoms with E-state index in [-0.39, 0.29) is 5.82 Å². The van der Waals surface area contributed by atoms with Gasteiger partial charge in [0.25, 0.3) is 0 Å². The molecule has 1 aromatic carbocycles. The van der Waals surface area contributed by atoms with Crippen molar-refractivity contribution in [1.82, 2.24) is 4.90 Å². The van der Waals surface area contributed by atoms with Gasteiger partial charge in [-0.05, 0) is 18.6 Å². The Morgan fingerprint density at radius 3 is 2.79 bits per heavy atom. The predicted molar refractivity (Wildman–Crippen MR) is 87.7 cm³/mol. The molecule has 0 amide bonds. The highest BCUT2D eigenvalue weighted by molar-refractivity contribution is 5.22. The van der Waals surface area contributed by atoms with Crippen molar-refractivity contribution in [2.45, 2.75) is 30.5 Å². The highest BCUT2D eigenvalue weighted by Gasteiger charge is 2.42. The van der Waals surface area contributed by atoms with Crippen LogP contribution in [0.1, 0.15) is 19.3 Å². The van der Waals surface area contributed by atoms with Crippen molar-refractivity contribution in [2.24, 2.45) is 0 Å². The summed E-state index contributed by atoms with van der Waals surface area (Å²) in [4.78, 5) is 2.23. The number of methoxy groups -OCH3 is 1. The molecular weight excluding hydrogens is 313 g/mol. The van der Waals surface area contributed by atoms with Gasteiger partial charge in [-0.1, -0.05) is 6.07 Å². The topological polar surface area (TPSA) is 51.2 Å². The molecule has 0 saturated carbocycles. The summed E-state index contributed by atoms with van der Waals surface area (Å²) in [6.07, 6.45) is 2.16. The van der Waals surface area contributed by atoms with E-state index in [1.54, 1.807) is 19.2 Å². The van der Waals surface area contributed by atoms with E-state index in [1.807, 2.05) is 0 Å². The van der Waals surface area contributed by atoms with Crippen molar-refractivity contribution in [2.75, 3.05) is 46.6 Å². The second kappa shape index (κ2) is 7.35. The maximum Gasteiger partial charge on any atom is 0.126 e. The van der Waals surface area contributed by atoms with Gasteiger partial charge in [0.1, 0.15) is 23.8 Å². The fraction of sp³-hybridized carbons (Fsp3) is 0.667. The Balaban J connectivity index is 1.56. The number of benzene rings is 1. The average Bonchev–Trinajstić information content (AvgIpc) is 2.97. The van der Waals surface area contributed by atoms with Gasteiger partial charge in [-0.3, -0.25) is 4.90 Å². The fourth-order valence-electron chi connectivity index (χ4n) is 3.50. The van der Waals surface area contributed by atoms with E-state index in [2.05, 4.69) is 4.90 Å². The molecule has 2 aliphatic heterocycles. The Hall–Kier alpha value is -1.21. The van der Waals surface area contributed by atoms with E-state index in [0.717, 1.165) is 13.0 Å². The minimum absolute atomic E-state index is 0.311. The van der Waals surface area contributed by atoms with E-state index >= 15 is 0 Å². The maximum atomic E-state index is 13.3. The monoisotopic (exact) mass is 339 g/mol. The van der Waals surface area contributed by atoms with E-state index < -0.39 is 11.2 Å². The van der Waals surface area contributed by atoms with Crippen molar-refractivity contribution in [3.8, 4) is 5.75 Å². The average molecular weight is 339 g/mol. The molecule has 0 bridgehead atoms. The lowest BCUT2D eigenvalue weighted by atomic mass is 9.94. The molecule has 1 atom stereocenters. The molecule has 1 aromatic rings. The second-order valence-electron chi connectivity index (χ2n) is 6.93. The molecule has 0 aromatic heterocycles. The molecule has 0 unspecified atom stereocenters. The number of rotatable bonds is 6. The lowest BCUT2D eigenvalue weighted by Gasteiger charge is -2.36. The Bertz CT molecular complexity index is 550. The molecule has 3 rings (SSSR count). The second-order valence-corrected chi connectivity index (χ2v) is 6.93. The zero-order chi connectivity index (χ0) is 17.0. The van der Waals surface area contributed by atoms with Gasteiger partial charge in [0.2, 0.25) is 0 Å². The van der Waals surface area contributed by atoms with Crippen LogP contribution in [0, 0.1) is 5.82 Å². The van der Waals surface area contributed by atoms with Crippen LogP contribution >= 0.6 is 0 Å². The maximum absolute atomic E-state index is 13.3. The van der Waals surface area contributed by atoms with Gasteiger partial charge < -0.3 is 19.3 Å². The molecule has 0 spiro atoms. The van der Waals surface area contributed by atoms with Crippen LogP contribution in [0.3, 0.4) is 0 Å². The van der Waals surface area contributed by atoms with Crippen LogP contribution in [-0.2, 0) is 9.47 Å². The van der Waals surface area contributed by atoms with Crippen LogP contribution in [0.25, 0.3) is 0 Å². The first-order valence-electron chi connectivity index (χ1n) is 8.49. The molecular formula is C18H26FNO4. The lowest BCUT2D eigenvalue weighted by molar-refractivity contribution is -0.0837. The Morgan fingerprint density at radius 2 is 2.08 bits per heavy atom. The number of likely N-dealkylation sites (tertiary alicyclic amines) is 1. The van der Waals surface area contributed by atoms with Crippen molar-refractivity contribution < 1.29 is 23.7 Å². The first kappa shape index (κ1) is 17.6. The largest absolute Gasteiger partial charge is 0.490 e. The van der Waals surface area contributed by atoms with Crippen LogP contribution in [-0.4, -0.2) is 67.8 Å². The van der Waals surface area contributed by atoms with Crippen molar-refractivity contribution >= 4 is 0 Å². The minimum Gasteiger partial charge on any atom is -0.490 e. The van der Waals surface area contributed by atoms with E-state index in [0.29, 0.717) is 51.5 Å². The third kappa shape index (κ3) is 4.25. The Morgan fingerprint density at radius 1 is 1.29 bits per heavy atom. The van der Waals surface area contributed by atoms with Gasteiger partial charge in [0.05, 0.1) is 5.60 Å². The first-order valence-corrected chi connectivity index (χ1v) is 8.49. The van der Waals surface area contributed by atoms with Crippen molar-refractivity contribution in [3.05, 3.63) is 30.1 Å². The lowest BCUT2D eigenvalue weighted by Crippen LogP contribution is -2.48. The number of halogens is 1. The summed E-state index contributed by atoms with van der Waals surface area (Å²) in [5.74, 6) is 0.196. The normalized spacial score (nSPS) is 27.3. The van der Waals surface area contributed by atoms with Gasteiger partial charge in [0, 0.05) is 58.9 Å². The van der Waals surface area contributed by atoms with Crippen molar-refractivity contribution in [3.63, 3.8) is 0 Å². The molecule has 134 valence electrons. The van der Waals surface area contributed by atoms with Crippen LogP contribution in [0.5, 0.6) is 5.75 Å². The standard InChI is InChI=1S/C18H26FNO4/c1-22-18(14-24-16-4-2-3-15(19)11-16)5-8-20(13-18)12-17(21)6-9-23-10-7-17/h2-4,11,21H,5-10,12-14H2,1H3/t18-/m0/s1. The molecule has 24 heavy (non-hydrogen) atoms. The van der Waals surface area contributed by atoms with Gasteiger partial charge in [-0.25, -0.2) is 4.39 Å². The molecule has 0 aliphatic carbocycles. The Kier molecular flexibility index (Phi) is 5.39. The molecule has 5 nitrogen and oxygen atoms in total. The number of nitrogens with zero attached hydrogens (tertiary/aromatic N) is 1. The van der Waals surface area contributed by atoms with Gasteiger partial charge in [0.15, 0.2) is 0 Å². The molecule has 1 N–H and O–H groups in total. The molecule has 6 heteroatoms. The minimum atomic E-state index is -0.675. The summed E-state index contributed by atoms with van der Waals surface area (Å²) >= 11 is 0. The number of ether oxygens (including phenoxy) is 3. The molecule has 0 radical (unpaired) electrons. The molecule has 2 aliphatic rings. The first-order chi connectivity index (χ1) is 11.5. The van der Waals surface area contributed by atoms with Gasteiger partial charge in [-0.15, -0.1) is 0 Å². The zero-order valence-electron chi connectivity index (χ0n) is 14.2. The van der Waals surface area contributed by atoms with Crippen LogP contribution in [0.2, 0.25) is 0 Å². The summed E-state index contributed by atoms with van der Waals surface area (Å²) in [7, 11) is 1.68. The van der Waals surface area contributed by atoms with E-state index in [1.165, 1.54) is 12.1 Å². The predicted octanol–water partition coefficient (Wildman–Crippen LogP) is 1.84. The quantitative estimate of drug-likeness (QED) is 0.857. The van der Waals surface area contributed by atoms with Crippen molar-refractivity contribution in [1.29, 1.82) is 0 Å². The number of hydrogen-bond acceptors (Lipinski definition) is 5. The molecule has 2 heterocycles. The fourth-order valence-corrected chi connectivity index (χ4v) is 3.50. The highest BCUT2D eigenvalue weighted by atomic mass is 19.1. The summed E-state index contributed by atoms with van der Waals surface area (Å²) in [5.41, 5.74) is -1.10. The smallest absolute Gasteiger partial charge is 0.126 e. The van der Waals surface area contributed by atoms with Gasteiger partial charge >= 0.3 is 0 Å². The number of aliphatic hydroxyl groups is 1. The molecule has 2 fully saturated rings. The third-order valence-electron chi connectivity index (χ3n) is 5.07. The molecule has 2 saturated heterocycles. The van der Waals surface area contributed by atoms with Gasteiger partial charge in [-0.2, -0.15) is 0 Å².